The highest BCUT2D eigenvalue weighted by atomic mass is 16.5. The van der Waals surface area contributed by atoms with Crippen LogP contribution in [-0.4, -0.2) is 68.1 Å². The third-order valence-corrected chi connectivity index (χ3v) is 11.1. The number of benzene rings is 2. The van der Waals surface area contributed by atoms with Gasteiger partial charge in [-0.25, -0.2) is 9.97 Å². The number of aryl methyl sites for hydroxylation is 1. The van der Waals surface area contributed by atoms with Gasteiger partial charge in [-0.05, 0) is 92.0 Å². The van der Waals surface area contributed by atoms with Crippen molar-refractivity contribution in [2.75, 3.05) is 30.4 Å². The smallest absolute Gasteiger partial charge is 0.254 e. The van der Waals surface area contributed by atoms with Crippen LogP contribution < -0.4 is 20.7 Å². The van der Waals surface area contributed by atoms with Gasteiger partial charge in [0.2, 0.25) is 5.91 Å². The fourth-order valence-electron chi connectivity index (χ4n) is 8.32. The van der Waals surface area contributed by atoms with E-state index in [2.05, 4.69) is 38.7 Å². The Morgan fingerprint density at radius 2 is 1.90 bits per heavy atom. The van der Waals surface area contributed by atoms with Crippen molar-refractivity contribution in [2.24, 2.45) is 24.6 Å². The van der Waals surface area contributed by atoms with Crippen molar-refractivity contribution in [1.82, 2.24) is 24.0 Å². The molecule has 11 heteroatoms. The average Bonchev–Trinajstić information content (AvgIpc) is 3.33. The summed E-state index contributed by atoms with van der Waals surface area (Å²) in [6.07, 6.45) is 5.33. The number of carbonyl (C=O) groups is 2. The molecule has 11 nitrogen and oxygen atoms in total. The molecule has 2 aliphatic heterocycles. The van der Waals surface area contributed by atoms with Gasteiger partial charge >= 0.3 is 0 Å². The minimum Gasteiger partial charge on any atom is -0.494 e. The van der Waals surface area contributed by atoms with Gasteiger partial charge in [-0.3, -0.25) is 9.59 Å². The fraction of sp³-hybridized carbons (Fsp3) is 0.405. The number of hydrogen-bond acceptors (Lipinski definition) is 7. The second kappa shape index (κ2) is 10.8. The summed E-state index contributed by atoms with van der Waals surface area (Å²) in [5.74, 6) is 3.19. The summed E-state index contributed by atoms with van der Waals surface area (Å²) in [5.41, 5.74) is 13.5. The lowest BCUT2D eigenvalue weighted by molar-refractivity contribution is -0.116. The van der Waals surface area contributed by atoms with Gasteiger partial charge < -0.3 is 34.7 Å². The monoisotopic (exact) mass is 644 g/mol. The van der Waals surface area contributed by atoms with E-state index in [1.54, 1.807) is 14.0 Å². The number of methoxy groups -OCH3 is 1. The van der Waals surface area contributed by atoms with Crippen LogP contribution in [0.2, 0.25) is 0 Å². The topological polar surface area (TPSA) is 124 Å². The Hall–Kier alpha value is -4.90. The molecular formula is C37H40N8O3. The van der Waals surface area contributed by atoms with Crippen LogP contribution in [0.3, 0.4) is 0 Å². The minimum absolute atomic E-state index is 0.00509. The lowest BCUT2D eigenvalue weighted by atomic mass is 10.1. The van der Waals surface area contributed by atoms with E-state index in [1.807, 2.05) is 41.1 Å². The molecule has 5 aromatic rings. The first-order valence-corrected chi connectivity index (χ1v) is 17.1. The summed E-state index contributed by atoms with van der Waals surface area (Å²) in [7, 11) is 3.65. The zero-order chi connectivity index (χ0) is 32.8. The maximum Gasteiger partial charge on any atom is 0.254 e. The van der Waals surface area contributed by atoms with Crippen LogP contribution in [0.4, 0.5) is 17.2 Å². The number of hydrogen-bond donors (Lipinski definition) is 2. The first-order valence-electron chi connectivity index (χ1n) is 17.1. The highest BCUT2D eigenvalue weighted by Gasteiger charge is 2.47. The fourth-order valence-corrected chi connectivity index (χ4v) is 8.32. The number of fused-ring (bicyclic) bond motifs is 5. The number of aromatic nitrogens is 4. The first-order chi connectivity index (χ1) is 23.3. The Morgan fingerprint density at radius 3 is 2.62 bits per heavy atom. The highest BCUT2D eigenvalue weighted by molar-refractivity contribution is 6.00. The molecule has 4 aliphatic rings. The van der Waals surface area contributed by atoms with E-state index in [1.165, 1.54) is 18.4 Å². The number of nitrogens with two attached hydrogens (primary N) is 1. The number of amides is 2. The van der Waals surface area contributed by atoms with E-state index in [0.29, 0.717) is 29.7 Å². The molecule has 246 valence electrons. The van der Waals surface area contributed by atoms with Crippen molar-refractivity contribution in [3.05, 3.63) is 59.7 Å². The standard InChI is InChI=1S/C37H40N8O3/c1-20(46)43-13-12-22-6-9-26(17-29(22)43)39-32-11-8-23-15-30(44(35(23)41-32)18-21-4-5-21)36-40-27-14-25(16-31(48-3)34(27)42(36)2)37(47)45-19-24-7-10-28(45)33(24)38/h6,8-9,11,14-17,21,24,28,33H,4-5,7,10,12-13,18-19,38H2,1-3H3,(H,39,41). The molecule has 2 aromatic carbocycles. The summed E-state index contributed by atoms with van der Waals surface area (Å²) in [6, 6.07) is 16.4. The molecule has 3 aromatic heterocycles. The molecule has 2 saturated carbocycles. The molecule has 2 aliphatic carbocycles. The number of rotatable bonds is 7. The summed E-state index contributed by atoms with van der Waals surface area (Å²) in [6.45, 7) is 3.90. The Bertz CT molecular complexity index is 2150. The molecule has 9 rings (SSSR count). The Morgan fingerprint density at radius 1 is 1.04 bits per heavy atom. The van der Waals surface area contributed by atoms with Gasteiger partial charge in [0.05, 0.1) is 18.3 Å². The van der Waals surface area contributed by atoms with Crippen LogP contribution in [0, 0.1) is 11.8 Å². The largest absolute Gasteiger partial charge is 0.494 e. The molecule has 0 spiro atoms. The molecule has 3 N–H and O–H groups in total. The van der Waals surface area contributed by atoms with Crippen molar-refractivity contribution < 1.29 is 14.3 Å². The SMILES string of the molecule is COc1cc(C(=O)N2CC3CCC2C3N)cc2nc(-c3cc4ccc(Nc5ccc6c(c5)N(C(C)=O)CC6)nc4n3CC3CC3)n(C)c12. The third-order valence-electron chi connectivity index (χ3n) is 11.1. The van der Waals surface area contributed by atoms with E-state index in [9.17, 15) is 9.59 Å². The van der Waals surface area contributed by atoms with Gasteiger partial charge in [0.15, 0.2) is 5.82 Å². The number of imidazole rings is 1. The van der Waals surface area contributed by atoms with Crippen molar-refractivity contribution in [2.45, 2.75) is 57.7 Å². The Balaban J connectivity index is 1.09. The van der Waals surface area contributed by atoms with E-state index in [0.717, 1.165) is 83.1 Å². The summed E-state index contributed by atoms with van der Waals surface area (Å²) in [4.78, 5) is 40.0. The summed E-state index contributed by atoms with van der Waals surface area (Å²) >= 11 is 0. The number of ether oxygens (including phenoxy) is 1. The zero-order valence-corrected chi connectivity index (χ0v) is 27.6. The van der Waals surface area contributed by atoms with Crippen LogP contribution in [0.1, 0.15) is 48.5 Å². The lowest BCUT2D eigenvalue weighted by Crippen LogP contribution is -2.41. The average molecular weight is 645 g/mol. The van der Waals surface area contributed by atoms with Crippen LogP contribution in [0.5, 0.6) is 5.75 Å². The Kier molecular flexibility index (Phi) is 6.59. The number of piperidine rings is 1. The quantitative estimate of drug-likeness (QED) is 0.249. The number of pyridine rings is 1. The van der Waals surface area contributed by atoms with Crippen LogP contribution >= 0.6 is 0 Å². The number of nitrogens with one attached hydrogen (secondary N) is 1. The second-order valence-electron chi connectivity index (χ2n) is 14.1. The van der Waals surface area contributed by atoms with Gasteiger partial charge in [-0.15, -0.1) is 0 Å². The predicted molar refractivity (Wildman–Crippen MR) is 186 cm³/mol. The van der Waals surface area contributed by atoms with Gasteiger partial charge in [0.1, 0.15) is 22.7 Å². The third kappa shape index (κ3) is 4.58. The zero-order valence-electron chi connectivity index (χ0n) is 27.6. The minimum atomic E-state index is -0.00509. The van der Waals surface area contributed by atoms with E-state index < -0.39 is 0 Å². The van der Waals surface area contributed by atoms with Gasteiger partial charge in [-0.1, -0.05) is 6.07 Å². The van der Waals surface area contributed by atoms with Gasteiger partial charge in [-0.2, -0.15) is 0 Å². The molecule has 1 saturated heterocycles. The maximum atomic E-state index is 13.8. The van der Waals surface area contributed by atoms with Crippen molar-refractivity contribution in [1.29, 1.82) is 0 Å². The predicted octanol–water partition coefficient (Wildman–Crippen LogP) is 5.22. The number of nitrogens with zero attached hydrogens (tertiary/aromatic N) is 6. The van der Waals surface area contributed by atoms with Gasteiger partial charge in [0.25, 0.3) is 5.91 Å². The molecule has 0 radical (unpaired) electrons. The van der Waals surface area contributed by atoms with Crippen molar-refractivity contribution >= 4 is 51.1 Å². The maximum absolute atomic E-state index is 13.8. The molecule has 3 atom stereocenters. The second-order valence-corrected chi connectivity index (χ2v) is 14.1. The molecular weight excluding hydrogens is 604 g/mol. The van der Waals surface area contributed by atoms with Crippen molar-refractivity contribution in [3.8, 4) is 17.3 Å². The molecule has 48 heavy (non-hydrogen) atoms. The summed E-state index contributed by atoms with van der Waals surface area (Å²) < 4.78 is 10.2. The number of likely N-dealkylation sites (tertiary alicyclic amines) is 1. The molecule has 3 fully saturated rings. The first kappa shape index (κ1) is 29.3. The van der Waals surface area contributed by atoms with Crippen LogP contribution in [-0.2, 0) is 24.8 Å². The number of carbonyl (C=O) groups excluding carboxylic acids is 2. The van der Waals surface area contributed by atoms with Gasteiger partial charge in [0, 0.05) is 68.0 Å². The van der Waals surface area contributed by atoms with E-state index in [4.69, 9.17) is 20.4 Å². The molecule has 5 heterocycles. The normalized spacial score (nSPS) is 21.5. The summed E-state index contributed by atoms with van der Waals surface area (Å²) in [5, 5.41) is 4.52. The van der Waals surface area contributed by atoms with Crippen molar-refractivity contribution in [3.63, 3.8) is 0 Å². The molecule has 2 bridgehead atoms. The van der Waals surface area contributed by atoms with Crippen LogP contribution in [0.25, 0.3) is 33.6 Å². The van der Waals surface area contributed by atoms with E-state index >= 15 is 0 Å². The van der Waals surface area contributed by atoms with Crippen LogP contribution in [0.15, 0.2) is 48.5 Å². The number of anilines is 3. The molecule has 3 unspecified atom stereocenters. The molecule has 2 amide bonds. The Labute approximate surface area is 278 Å². The highest BCUT2D eigenvalue weighted by Crippen LogP contribution is 2.40. The lowest BCUT2D eigenvalue weighted by Gasteiger charge is -2.27. The van der Waals surface area contributed by atoms with E-state index in [-0.39, 0.29) is 23.9 Å².